The van der Waals surface area contributed by atoms with Crippen LogP contribution < -0.4 is 10.2 Å². The first-order valence-electron chi connectivity index (χ1n) is 14.5. The predicted molar refractivity (Wildman–Crippen MR) is 153 cm³/mol. The summed E-state index contributed by atoms with van der Waals surface area (Å²) in [5.74, 6) is -3.87. The number of aromatic nitrogens is 2. The van der Waals surface area contributed by atoms with Crippen molar-refractivity contribution in [1.82, 2.24) is 9.97 Å². The Bertz CT molecular complexity index is 1380. The molecule has 0 spiro atoms. The van der Waals surface area contributed by atoms with Crippen LogP contribution in [0.15, 0.2) is 24.3 Å². The second-order valence-corrected chi connectivity index (χ2v) is 12.2. The Morgan fingerprint density at radius 3 is 2.44 bits per heavy atom. The predicted octanol–water partition coefficient (Wildman–Crippen LogP) is 8.50. The second-order valence-electron chi connectivity index (χ2n) is 12.2. The molecule has 2 aliphatic rings. The molecule has 0 radical (unpaired) electrons. The summed E-state index contributed by atoms with van der Waals surface area (Å²) in [4.78, 5) is 12.1. The number of fused-ring (bicyclic) bond motifs is 3. The summed E-state index contributed by atoms with van der Waals surface area (Å²) in [6, 6.07) is 5.92. The largest absolute Gasteiger partial charge is 0.371 e. The highest BCUT2D eigenvalue weighted by atomic mass is 19.3. The Labute approximate surface area is 230 Å². The number of benzene rings is 2. The quantitative estimate of drug-likeness (QED) is 0.327. The first-order chi connectivity index (χ1) is 18.4. The average Bonchev–Trinajstić information content (AvgIpc) is 3.39. The zero-order valence-corrected chi connectivity index (χ0v) is 24.1. The minimum Gasteiger partial charge on any atom is -0.371 e. The van der Waals surface area contributed by atoms with Gasteiger partial charge < -0.3 is 10.2 Å². The summed E-state index contributed by atoms with van der Waals surface area (Å²) in [6.45, 7) is 13.2. The molecule has 1 fully saturated rings. The molecule has 2 aromatic carbocycles. The maximum absolute atomic E-state index is 15.5. The van der Waals surface area contributed by atoms with Gasteiger partial charge in [0.05, 0.1) is 17.1 Å². The molecule has 1 N–H and O–H groups in total. The molecule has 0 amide bonds. The van der Waals surface area contributed by atoms with E-state index in [9.17, 15) is 8.78 Å². The van der Waals surface area contributed by atoms with E-state index in [0.29, 0.717) is 17.1 Å². The van der Waals surface area contributed by atoms with Crippen LogP contribution in [0.1, 0.15) is 94.4 Å². The van der Waals surface area contributed by atoms with Crippen LogP contribution in [0.4, 0.5) is 24.7 Å². The number of hydrogen-bond donors (Lipinski definition) is 1. The van der Waals surface area contributed by atoms with E-state index in [1.54, 1.807) is 13.0 Å². The summed E-state index contributed by atoms with van der Waals surface area (Å²) >= 11 is 0. The van der Waals surface area contributed by atoms with Crippen molar-refractivity contribution in [1.29, 1.82) is 0 Å². The number of nitrogens with zero attached hydrogens (tertiary/aromatic N) is 3. The summed E-state index contributed by atoms with van der Waals surface area (Å²) in [6.07, 6.45) is 6.65. The molecule has 7 heteroatoms. The third-order valence-corrected chi connectivity index (χ3v) is 9.25. The first kappa shape index (κ1) is 27.7. The van der Waals surface area contributed by atoms with Gasteiger partial charge in [-0.25, -0.2) is 23.1 Å². The van der Waals surface area contributed by atoms with Crippen LogP contribution in [0, 0.1) is 24.1 Å². The summed E-state index contributed by atoms with van der Waals surface area (Å²) in [7, 11) is 0. The Hall–Kier alpha value is -2.83. The topological polar surface area (TPSA) is 41.0 Å². The fourth-order valence-corrected chi connectivity index (χ4v) is 6.23. The van der Waals surface area contributed by atoms with Crippen LogP contribution in [0.3, 0.4) is 0 Å². The van der Waals surface area contributed by atoms with Gasteiger partial charge in [0.15, 0.2) is 0 Å². The third kappa shape index (κ3) is 4.98. The van der Waals surface area contributed by atoms with Crippen molar-refractivity contribution in [2.24, 2.45) is 11.3 Å². The molecular formula is C32H41F3N4. The summed E-state index contributed by atoms with van der Waals surface area (Å²) < 4.78 is 45.1. The van der Waals surface area contributed by atoms with Crippen molar-refractivity contribution in [2.75, 3.05) is 23.3 Å². The maximum atomic E-state index is 15.5. The van der Waals surface area contributed by atoms with E-state index in [1.165, 1.54) is 62.1 Å². The zero-order chi connectivity index (χ0) is 28.1. The first-order valence-corrected chi connectivity index (χ1v) is 14.5. The number of nitrogens with one attached hydrogen (secondary N) is 1. The van der Waals surface area contributed by atoms with Crippen molar-refractivity contribution in [3.05, 3.63) is 58.2 Å². The molecule has 1 aliphatic heterocycles. The fraction of sp³-hybridized carbons (Fsp3) is 0.562. The number of piperidine rings is 1. The molecule has 0 saturated carbocycles. The zero-order valence-electron chi connectivity index (χ0n) is 24.1. The van der Waals surface area contributed by atoms with E-state index >= 15 is 4.39 Å². The van der Waals surface area contributed by atoms with E-state index in [-0.39, 0.29) is 5.56 Å². The van der Waals surface area contributed by atoms with Crippen LogP contribution >= 0.6 is 0 Å². The SMILES string of the molecule is CCC1(C)CCN(c2cc3c(N[C@H](C)c4cccc(C(F)(F)C(C)C)c4F)nc(C)nc3c3c2CCC3)CC1. The molecule has 1 aromatic heterocycles. The van der Waals surface area contributed by atoms with Crippen LogP contribution in [-0.4, -0.2) is 23.1 Å². The lowest BCUT2D eigenvalue weighted by molar-refractivity contribution is -0.0545. The number of rotatable bonds is 7. The van der Waals surface area contributed by atoms with E-state index in [4.69, 9.17) is 9.97 Å². The van der Waals surface area contributed by atoms with Crippen LogP contribution in [-0.2, 0) is 18.8 Å². The number of hydrogen-bond acceptors (Lipinski definition) is 4. The highest BCUT2D eigenvalue weighted by Crippen LogP contribution is 2.43. The molecule has 210 valence electrons. The van der Waals surface area contributed by atoms with Crippen molar-refractivity contribution in [2.45, 2.75) is 92.0 Å². The minimum atomic E-state index is -3.25. The lowest BCUT2D eigenvalue weighted by Crippen LogP contribution is -2.38. The monoisotopic (exact) mass is 538 g/mol. The molecule has 1 atom stereocenters. The third-order valence-electron chi connectivity index (χ3n) is 9.25. The molecule has 1 aliphatic carbocycles. The number of aryl methyl sites for hydroxylation is 2. The van der Waals surface area contributed by atoms with Gasteiger partial charge in [0.2, 0.25) is 0 Å². The average molecular weight is 539 g/mol. The van der Waals surface area contributed by atoms with Crippen molar-refractivity contribution in [3.8, 4) is 0 Å². The summed E-state index contributed by atoms with van der Waals surface area (Å²) in [5.41, 5.74) is 4.94. The maximum Gasteiger partial charge on any atom is 0.278 e. The minimum absolute atomic E-state index is 0.202. The Balaban J connectivity index is 1.55. The molecule has 4 nitrogen and oxygen atoms in total. The fourth-order valence-electron chi connectivity index (χ4n) is 6.23. The molecular weight excluding hydrogens is 497 g/mol. The van der Waals surface area contributed by atoms with Gasteiger partial charge in [0.25, 0.3) is 5.92 Å². The van der Waals surface area contributed by atoms with Gasteiger partial charge in [0.1, 0.15) is 17.5 Å². The number of alkyl halides is 2. The van der Waals surface area contributed by atoms with Crippen LogP contribution in [0.2, 0.25) is 0 Å². The van der Waals surface area contributed by atoms with Crippen molar-refractivity contribution >= 4 is 22.4 Å². The van der Waals surface area contributed by atoms with Gasteiger partial charge in [-0.2, -0.15) is 0 Å². The van der Waals surface area contributed by atoms with Gasteiger partial charge in [0, 0.05) is 35.6 Å². The Morgan fingerprint density at radius 2 is 1.77 bits per heavy atom. The molecule has 3 aromatic rings. The Morgan fingerprint density at radius 1 is 1.08 bits per heavy atom. The van der Waals surface area contributed by atoms with E-state index in [2.05, 4.69) is 30.1 Å². The van der Waals surface area contributed by atoms with Crippen LogP contribution in [0.5, 0.6) is 0 Å². The molecule has 2 heterocycles. The summed E-state index contributed by atoms with van der Waals surface area (Å²) in [5, 5.41) is 4.29. The van der Waals surface area contributed by atoms with Crippen molar-refractivity contribution < 1.29 is 13.2 Å². The van der Waals surface area contributed by atoms with E-state index < -0.39 is 29.3 Å². The molecule has 0 unspecified atom stereocenters. The second kappa shape index (κ2) is 10.3. The standard InChI is InChI=1S/C32H41F3N4/c1-7-31(6)14-16-39(17-15-31)27-18-25-29(24-12-8-11-23(24)27)37-21(5)38-30(25)36-20(4)22-10-9-13-26(28(22)33)32(34,35)19(2)3/h9-10,13,18-20H,7-8,11-12,14-17H2,1-6H3,(H,36,37,38)/t20-/m1/s1. The van der Waals surface area contributed by atoms with Gasteiger partial charge >= 0.3 is 0 Å². The molecule has 5 rings (SSSR count). The van der Waals surface area contributed by atoms with Gasteiger partial charge in [-0.05, 0) is 68.6 Å². The van der Waals surface area contributed by atoms with Gasteiger partial charge in [-0.3, -0.25) is 0 Å². The smallest absolute Gasteiger partial charge is 0.278 e. The molecule has 0 bridgehead atoms. The van der Waals surface area contributed by atoms with E-state index in [0.717, 1.165) is 43.3 Å². The molecule has 1 saturated heterocycles. The van der Waals surface area contributed by atoms with Crippen molar-refractivity contribution in [3.63, 3.8) is 0 Å². The lowest BCUT2D eigenvalue weighted by Gasteiger charge is -2.41. The highest BCUT2D eigenvalue weighted by molar-refractivity contribution is 5.96. The van der Waals surface area contributed by atoms with E-state index in [1.807, 2.05) is 6.92 Å². The molecule has 39 heavy (non-hydrogen) atoms. The highest BCUT2D eigenvalue weighted by Gasteiger charge is 2.39. The normalized spacial score (nSPS) is 18.1. The van der Waals surface area contributed by atoms with Crippen LogP contribution in [0.25, 0.3) is 10.9 Å². The Kier molecular flexibility index (Phi) is 7.32. The van der Waals surface area contributed by atoms with Gasteiger partial charge in [-0.15, -0.1) is 0 Å². The number of halogens is 3. The van der Waals surface area contributed by atoms with Gasteiger partial charge in [-0.1, -0.05) is 52.3 Å². The lowest BCUT2D eigenvalue weighted by atomic mass is 9.78. The number of anilines is 2.